The summed E-state index contributed by atoms with van der Waals surface area (Å²) in [5, 5.41) is 15.0. The Morgan fingerprint density at radius 3 is 1.42 bits per heavy atom. The topological polar surface area (TPSA) is 242 Å². The summed E-state index contributed by atoms with van der Waals surface area (Å²) in [7, 11) is 5.90. The maximum absolute atomic E-state index is 4.49. The first-order valence-electron chi connectivity index (χ1n) is 36.9. The number of imidazole rings is 6. The number of H-pyrrole nitrogens is 4. The second kappa shape index (κ2) is 37.2. The molecule has 582 valence electrons. The lowest BCUT2D eigenvalue weighted by Crippen LogP contribution is -2.19. The molecule has 0 aliphatic rings. The molecule has 0 saturated heterocycles. The summed E-state index contributed by atoms with van der Waals surface area (Å²) in [6.07, 6.45) is 33.6. The summed E-state index contributed by atoms with van der Waals surface area (Å²) in [5.74, 6) is 1.94. The third-order valence-electron chi connectivity index (χ3n) is 16.7. The van der Waals surface area contributed by atoms with E-state index in [1.807, 2.05) is 106 Å². The summed E-state index contributed by atoms with van der Waals surface area (Å²) in [6, 6.07) is 18.7. The maximum Gasteiger partial charge on any atom is 0.137 e. The molecule has 21 nitrogen and oxygen atoms in total. The van der Waals surface area contributed by atoms with Crippen LogP contribution in [0.15, 0.2) is 167 Å². The van der Waals surface area contributed by atoms with Gasteiger partial charge >= 0.3 is 0 Å². The number of aromatic nitrogens is 21. The van der Waals surface area contributed by atoms with Gasteiger partial charge in [-0.25, -0.2) is 34.9 Å². The number of benzene rings is 1. The van der Waals surface area contributed by atoms with E-state index in [1.54, 1.807) is 31.2 Å². The quantitative estimate of drug-likeness (QED) is 0.111. The Morgan fingerprint density at radius 2 is 1.03 bits per heavy atom. The van der Waals surface area contributed by atoms with Crippen LogP contribution >= 0.6 is 0 Å². The standard InChI is InChI=1S/2C11H14N2.C10H13N3.C10H15N.3C8H14N2.2C7H12N2.C6H11N3/c1-11(2,3)8-4-5-9-10(6-8)13-7-12-9;1-11(2,3)9-4-5-10-12-6-7-13(10)8-9;1-10(2,3)9-12-7-4-5-11-6-8(7)13-9;1-8-5-6-9(7-11-8)10(2,3)4;1-8(2,3)7-5-9-6-10(7)4;1-8(2,3)7-5-9-10(4)6-7;1-8(2,3)7-5-6-10(4)9-7;1-7(2,3)6-4-8-5-9-6;1-7(2,3)9-5-4-8-6-9;1-6(2,3)5-7-4-8-9-5/h4-7H,1-3H3,(H,12,13);4-8H,1-3H3;4-6H,1-3H3,(H,12,13);5-7H,1-4H3;3*5-6H,1-4H3;4-5H,1-3H3,(H,8,9);4-6H,1-3H3;4H,1-3H3,(H,7,8,9). The molecule has 0 amide bonds. The highest BCUT2D eigenvalue weighted by molar-refractivity contribution is 5.75. The largest absolute Gasteiger partial charge is 0.348 e. The van der Waals surface area contributed by atoms with Gasteiger partial charge in [0.25, 0.3) is 0 Å². The van der Waals surface area contributed by atoms with Crippen molar-refractivity contribution < 1.29 is 0 Å². The van der Waals surface area contributed by atoms with Gasteiger partial charge in [0, 0.05) is 139 Å². The van der Waals surface area contributed by atoms with Gasteiger partial charge in [-0.05, 0) is 108 Å². The summed E-state index contributed by atoms with van der Waals surface area (Å²) >= 11 is 0. The Morgan fingerprint density at radius 1 is 0.402 bits per heavy atom. The SMILES string of the molecule is CC(C)(C)c1ccc2nc[nH]c2c1.CC(C)(C)c1ccc2nccn2c1.CC(C)(C)c1cnc[nH]1.CC(C)(C)c1nc2ccncc2[nH]1.CC(C)(C)c1ncn[nH]1.CC(C)(C)n1ccnc1.Cc1ccc(C(C)(C)C)cn1.Cn1cc(C(C)(C)C)cn1.Cn1ccc(C(C)(C)C)n1.Cn1cncc1C(C)(C)C. The van der Waals surface area contributed by atoms with Gasteiger partial charge in [0.2, 0.25) is 0 Å². The van der Waals surface area contributed by atoms with Gasteiger partial charge in [0.05, 0.1) is 65.5 Å². The van der Waals surface area contributed by atoms with Crippen molar-refractivity contribution in [3.05, 3.63) is 223 Å². The number of hydrogen-bond donors (Lipinski definition) is 4. The van der Waals surface area contributed by atoms with E-state index in [4.69, 9.17) is 0 Å². The van der Waals surface area contributed by atoms with Gasteiger partial charge in [-0.15, -0.1) is 0 Å². The highest BCUT2D eigenvalue weighted by Gasteiger charge is 2.22. The molecule has 0 aliphatic heterocycles. The fourth-order valence-electron chi connectivity index (χ4n) is 9.48. The van der Waals surface area contributed by atoms with Crippen LogP contribution in [0.4, 0.5) is 0 Å². The monoisotopic (exact) mass is 1460 g/mol. The zero-order chi connectivity index (χ0) is 81.0. The lowest BCUT2D eigenvalue weighted by atomic mass is 9.87. The van der Waals surface area contributed by atoms with Gasteiger partial charge in [-0.3, -0.25) is 24.4 Å². The number of pyridine rings is 3. The van der Waals surface area contributed by atoms with E-state index in [0.29, 0.717) is 0 Å². The number of fused-ring (bicyclic) bond motifs is 3. The zero-order valence-corrected chi connectivity index (χ0v) is 71.7. The van der Waals surface area contributed by atoms with Crippen LogP contribution in [0.1, 0.15) is 264 Å². The lowest BCUT2D eigenvalue weighted by molar-refractivity contribution is 0.396. The van der Waals surface area contributed by atoms with Gasteiger partial charge < -0.3 is 28.5 Å². The molecule has 0 aliphatic carbocycles. The van der Waals surface area contributed by atoms with Crippen molar-refractivity contribution in [2.24, 2.45) is 21.1 Å². The molecule has 0 spiro atoms. The van der Waals surface area contributed by atoms with Crippen LogP contribution in [-0.2, 0) is 75.4 Å². The smallest absolute Gasteiger partial charge is 0.137 e. The van der Waals surface area contributed by atoms with Crippen LogP contribution in [0.5, 0.6) is 0 Å². The van der Waals surface area contributed by atoms with Crippen LogP contribution in [0.25, 0.3) is 27.7 Å². The fraction of sp³-hybridized carbons (Fsp3) is 0.512. The molecule has 107 heavy (non-hydrogen) atoms. The first kappa shape index (κ1) is 89.7. The molecular weight excluding hydrogens is 1330 g/mol. The third-order valence-corrected chi connectivity index (χ3v) is 16.7. The van der Waals surface area contributed by atoms with Crippen molar-refractivity contribution in [1.82, 2.24) is 103 Å². The van der Waals surface area contributed by atoms with E-state index in [0.717, 1.165) is 50.8 Å². The molecule has 0 bridgehead atoms. The predicted molar refractivity (Wildman–Crippen MR) is 444 cm³/mol. The highest BCUT2D eigenvalue weighted by atomic mass is 15.3. The molecule has 0 radical (unpaired) electrons. The second-order valence-electron chi connectivity index (χ2n) is 37.3. The van der Waals surface area contributed by atoms with Crippen LogP contribution in [-0.4, -0.2) is 103 Å². The number of rotatable bonds is 0. The molecule has 0 unspecified atom stereocenters. The molecule has 21 heteroatoms. The number of aryl methyl sites for hydroxylation is 4. The summed E-state index contributed by atoms with van der Waals surface area (Å²) in [4.78, 5) is 46.6. The zero-order valence-electron chi connectivity index (χ0n) is 71.7. The second-order valence-corrected chi connectivity index (χ2v) is 37.3. The predicted octanol–water partition coefficient (Wildman–Crippen LogP) is 20.0. The minimum absolute atomic E-state index is 0.0685. The highest BCUT2D eigenvalue weighted by Crippen LogP contribution is 2.28. The Hall–Kier alpha value is -9.66. The average molecular weight is 1460 g/mol. The Labute approximate surface area is 641 Å². The van der Waals surface area contributed by atoms with E-state index in [1.165, 1.54) is 40.0 Å². The molecule has 1 aromatic carbocycles. The lowest BCUT2D eigenvalue weighted by Gasteiger charge is -2.19. The van der Waals surface area contributed by atoms with Crippen LogP contribution in [0.3, 0.4) is 0 Å². The number of hydrogen-bond acceptors (Lipinski definition) is 12. The Kier molecular flexibility index (Phi) is 31.2. The van der Waals surface area contributed by atoms with Gasteiger partial charge in [-0.2, -0.15) is 15.3 Å². The maximum atomic E-state index is 4.49. The number of nitrogens with one attached hydrogen (secondary N) is 4. The third kappa shape index (κ3) is 31.0. The molecule has 12 aromatic heterocycles. The molecule has 13 rings (SSSR count). The van der Waals surface area contributed by atoms with Crippen molar-refractivity contribution in [1.29, 1.82) is 0 Å². The molecule has 0 atom stereocenters. The number of nitrogens with zero attached hydrogens (tertiary/aromatic N) is 17. The number of aromatic amines is 4. The van der Waals surface area contributed by atoms with E-state index in [-0.39, 0.29) is 54.3 Å². The minimum Gasteiger partial charge on any atom is -0.348 e. The van der Waals surface area contributed by atoms with Gasteiger partial charge in [-0.1, -0.05) is 205 Å². The van der Waals surface area contributed by atoms with Crippen LogP contribution in [0, 0.1) is 6.92 Å². The molecule has 13 aromatic rings. The van der Waals surface area contributed by atoms with Crippen LogP contribution < -0.4 is 0 Å². The summed E-state index contributed by atoms with van der Waals surface area (Å²) in [5.41, 5.74) is 16.9. The fourth-order valence-corrected chi connectivity index (χ4v) is 9.48. The molecular formula is C86H133N21. The van der Waals surface area contributed by atoms with Crippen molar-refractivity contribution in [2.45, 2.75) is 269 Å². The molecule has 0 saturated carbocycles. The van der Waals surface area contributed by atoms with Crippen molar-refractivity contribution in [3.8, 4) is 0 Å². The van der Waals surface area contributed by atoms with Crippen molar-refractivity contribution >= 4 is 27.7 Å². The van der Waals surface area contributed by atoms with E-state index >= 15 is 0 Å². The molecule has 12 heterocycles. The summed E-state index contributed by atoms with van der Waals surface area (Å²) in [6.45, 7) is 67.0. The first-order valence-corrected chi connectivity index (χ1v) is 36.9. The van der Waals surface area contributed by atoms with Crippen molar-refractivity contribution in [3.63, 3.8) is 0 Å². The molecule has 4 N–H and O–H groups in total. The Balaban J connectivity index is 0.000000252. The average Bonchev–Trinajstić information content (AvgIpc) is 1.72. The minimum atomic E-state index is 0.0685. The van der Waals surface area contributed by atoms with Gasteiger partial charge in [0.15, 0.2) is 0 Å². The van der Waals surface area contributed by atoms with E-state index in [2.05, 4.69) is 362 Å². The first-order chi connectivity index (χ1) is 49.0. The van der Waals surface area contributed by atoms with Gasteiger partial charge in [0.1, 0.15) is 23.6 Å². The van der Waals surface area contributed by atoms with E-state index < -0.39 is 0 Å². The van der Waals surface area contributed by atoms with Crippen LogP contribution in [0.2, 0.25) is 0 Å². The Bertz CT molecular complexity index is 4300. The normalized spacial score (nSPS) is 12.0. The van der Waals surface area contributed by atoms with Crippen molar-refractivity contribution in [2.75, 3.05) is 0 Å². The van der Waals surface area contributed by atoms with E-state index in [9.17, 15) is 0 Å². The summed E-state index contributed by atoms with van der Waals surface area (Å²) < 4.78 is 9.86. The molecule has 0 fully saturated rings.